The van der Waals surface area contributed by atoms with Crippen LogP contribution < -0.4 is 10.5 Å². The van der Waals surface area contributed by atoms with Crippen LogP contribution >= 0.6 is 0 Å². The Labute approximate surface area is 106 Å². The Morgan fingerprint density at radius 1 is 1.44 bits per heavy atom. The average Bonchev–Trinajstić information content (AvgIpc) is 2.23. The molecular formula is C11H17FN2O3S. The number of benzene rings is 1. The smallest absolute Gasteiger partial charge is 0.240 e. The molecule has 0 bridgehead atoms. The Bertz CT molecular complexity index is 483. The summed E-state index contributed by atoms with van der Waals surface area (Å²) >= 11 is 0. The molecule has 7 heteroatoms. The molecule has 0 aliphatic carbocycles. The monoisotopic (exact) mass is 276 g/mol. The van der Waals surface area contributed by atoms with Crippen LogP contribution in [0.2, 0.25) is 0 Å². The first-order valence-electron chi connectivity index (χ1n) is 5.55. The van der Waals surface area contributed by atoms with Crippen LogP contribution in [-0.4, -0.2) is 26.2 Å². The molecule has 0 aliphatic rings. The number of nitrogen functional groups attached to an aromatic ring is 1. The van der Waals surface area contributed by atoms with Gasteiger partial charge in [-0.15, -0.1) is 0 Å². The highest BCUT2D eigenvalue weighted by Gasteiger charge is 2.15. The second-order valence-electron chi connectivity index (χ2n) is 4.11. The molecule has 0 saturated heterocycles. The van der Waals surface area contributed by atoms with E-state index >= 15 is 0 Å². The molecule has 0 aromatic heterocycles. The van der Waals surface area contributed by atoms with Gasteiger partial charge in [0.05, 0.1) is 11.0 Å². The minimum absolute atomic E-state index is 0.0550. The molecule has 0 fully saturated rings. The van der Waals surface area contributed by atoms with E-state index in [1.165, 1.54) is 6.07 Å². The molecule has 0 aliphatic heterocycles. The van der Waals surface area contributed by atoms with Gasteiger partial charge in [0.25, 0.3) is 0 Å². The van der Waals surface area contributed by atoms with Crippen molar-refractivity contribution in [1.29, 1.82) is 0 Å². The predicted molar refractivity (Wildman–Crippen MR) is 66.9 cm³/mol. The Morgan fingerprint density at radius 3 is 2.67 bits per heavy atom. The Kier molecular flexibility index (Phi) is 5.06. The number of sulfonamides is 1. The fourth-order valence-electron chi connectivity index (χ4n) is 1.43. The van der Waals surface area contributed by atoms with Crippen LogP contribution in [0, 0.1) is 5.82 Å². The second-order valence-corrected chi connectivity index (χ2v) is 5.88. The third kappa shape index (κ3) is 4.59. The number of hydrogen-bond donors (Lipinski definition) is 3. The maximum atomic E-state index is 13.0. The summed E-state index contributed by atoms with van der Waals surface area (Å²) in [6.45, 7) is 1.81. The lowest BCUT2D eigenvalue weighted by molar-refractivity contribution is 0.182. The zero-order valence-electron chi connectivity index (χ0n) is 10.1. The van der Waals surface area contributed by atoms with E-state index in [0.29, 0.717) is 12.8 Å². The highest BCUT2D eigenvalue weighted by Crippen LogP contribution is 2.15. The van der Waals surface area contributed by atoms with Gasteiger partial charge in [-0.1, -0.05) is 0 Å². The van der Waals surface area contributed by atoms with E-state index in [9.17, 15) is 12.8 Å². The molecule has 0 radical (unpaired) electrons. The van der Waals surface area contributed by atoms with E-state index in [1.54, 1.807) is 6.92 Å². The summed E-state index contributed by atoms with van der Waals surface area (Å²) in [6, 6.07) is 3.15. The van der Waals surface area contributed by atoms with Crippen molar-refractivity contribution >= 4 is 15.7 Å². The van der Waals surface area contributed by atoms with Gasteiger partial charge in [0.15, 0.2) is 0 Å². The first kappa shape index (κ1) is 14.9. The number of anilines is 1. The predicted octanol–water partition coefficient (Wildman–Crippen LogP) is 0.847. The molecule has 1 rings (SSSR count). The van der Waals surface area contributed by atoms with Gasteiger partial charge < -0.3 is 10.8 Å². The third-order valence-corrected chi connectivity index (χ3v) is 3.74. The molecule has 5 nitrogen and oxygen atoms in total. The number of aliphatic hydroxyl groups excluding tert-OH is 1. The van der Waals surface area contributed by atoms with Crippen LogP contribution in [0.1, 0.15) is 19.8 Å². The number of nitrogens with one attached hydrogen (secondary N) is 1. The van der Waals surface area contributed by atoms with Crippen molar-refractivity contribution < 1.29 is 17.9 Å². The van der Waals surface area contributed by atoms with Crippen molar-refractivity contribution in [3.05, 3.63) is 24.0 Å². The lowest BCUT2D eigenvalue weighted by Gasteiger charge is -2.08. The maximum absolute atomic E-state index is 13.0. The quantitative estimate of drug-likeness (QED) is 0.530. The molecule has 102 valence electrons. The molecule has 4 N–H and O–H groups in total. The van der Waals surface area contributed by atoms with Gasteiger partial charge in [0.1, 0.15) is 5.82 Å². The molecule has 1 aromatic rings. The molecule has 1 aromatic carbocycles. The largest absolute Gasteiger partial charge is 0.399 e. The Morgan fingerprint density at radius 2 is 2.11 bits per heavy atom. The summed E-state index contributed by atoms with van der Waals surface area (Å²) < 4.78 is 38.9. The molecule has 0 spiro atoms. The number of aliphatic hydroxyl groups is 1. The minimum atomic E-state index is -3.75. The van der Waals surface area contributed by atoms with E-state index in [0.717, 1.165) is 12.1 Å². The van der Waals surface area contributed by atoms with Gasteiger partial charge in [-0.3, -0.25) is 0 Å². The molecule has 0 amide bonds. The number of nitrogens with two attached hydrogens (primary N) is 1. The fourth-order valence-corrected chi connectivity index (χ4v) is 2.57. The summed E-state index contributed by atoms with van der Waals surface area (Å²) in [5, 5.41) is 9.03. The van der Waals surface area contributed by atoms with Crippen LogP contribution in [0.5, 0.6) is 0 Å². The van der Waals surface area contributed by atoms with Gasteiger partial charge in [-0.2, -0.15) is 0 Å². The van der Waals surface area contributed by atoms with Crippen LogP contribution in [0.25, 0.3) is 0 Å². The van der Waals surface area contributed by atoms with Crippen molar-refractivity contribution in [2.24, 2.45) is 0 Å². The van der Waals surface area contributed by atoms with Crippen molar-refractivity contribution in [1.82, 2.24) is 4.72 Å². The fraction of sp³-hybridized carbons (Fsp3) is 0.455. The minimum Gasteiger partial charge on any atom is -0.399 e. The molecule has 1 atom stereocenters. The normalized spacial score (nSPS) is 13.5. The van der Waals surface area contributed by atoms with E-state index in [1.807, 2.05) is 0 Å². The number of rotatable bonds is 6. The van der Waals surface area contributed by atoms with Crippen molar-refractivity contribution in [2.75, 3.05) is 12.3 Å². The second kappa shape index (κ2) is 6.12. The lowest BCUT2D eigenvalue weighted by Crippen LogP contribution is -2.25. The van der Waals surface area contributed by atoms with Crippen LogP contribution in [0.3, 0.4) is 0 Å². The zero-order chi connectivity index (χ0) is 13.8. The molecule has 0 heterocycles. The van der Waals surface area contributed by atoms with Gasteiger partial charge in [0.2, 0.25) is 10.0 Å². The van der Waals surface area contributed by atoms with E-state index < -0.39 is 21.9 Å². The number of hydrogen-bond acceptors (Lipinski definition) is 4. The first-order valence-corrected chi connectivity index (χ1v) is 7.03. The van der Waals surface area contributed by atoms with Crippen LogP contribution in [-0.2, 0) is 10.0 Å². The van der Waals surface area contributed by atoms with Crippen LogP contribution in [0.4, 0.5) is 10.1 Å². The number of halogens is 1. The summed E-state index contributed by atoms with van der Waals surface area (Å²) in [7, 11) is -3.75. The van der Waals surface area contributed by atoms with Crippen molar-refractivity contribution in [2.45, 2.75) is 30.8 Å². The summed E-state index contributed by atoms with van der Waals surface area (Å²) in [5.74, 6) is -0.695. The topological polar surface area (TPSA) is 92.4 Å². The summed E-state index contributed by atoms with van der Waals surface area (Å²) in [5.41, 5.74) is 5.44. The molecule has 18 heavy (non-hydrogen) atoms. The Hall–Kier alpha value is -1.18. The zero-order valence-corrected chi connectivity index (χ0v) is 10.9. The molecule has 1 unspecified atom stereocenters. The van der Waals surface area contributed by atoms with E-state index in [2.05, 4.69) is 4.72 Å². The maximum Gasteiger partial charge on any atom is 0.240 e. The van der Waals surface area contributed by atoms with Gasteiger partial charge in [0, 0.05) is 12.2 Å². The molecular weight excluding hydrogens is 259 g/mol. The van der Waals surface area contributed by atoms with Crippen molar-refractivity contribution in [3.63, 3.8) is 0 Å². The lowest BCUT2D eigenvalue weighted by atomic mass is 10.2. The first-order chi connectivity index (χ1) is 8.31. The highest BCUT2D eigenvalue weighted by molar-refractivity contribution is 7.89. The standard InChI is InChI=1S/C11H17FN2O3S/c1-8(15)3-2-4-14-18(16,17)11-6-9(12)5-10(13)7-11/h5-8,14-15H,2-4,13H2,1H3. The van der Waals surface area contributed by atoms with Gasteiger partial charge in [-0.05, 0) is 38.0 Å². The van der Waals surface area contributed by atoms with Crippen molar-refractivity contribution in [3.8, 4) is 0 Å². The summed E-state index contributed by atoms with van der Waals surface area (Å²) in [6.07, 6.45) is 0.523. The van der Waals surface area contributed by atoms with Gasteiger partial charge in [-0.25, -0.2) is 17.5 Å². The summed E-state index contributed by atoms with van der Waals surface area (Å²) in [4.78, 5) is -0.197. The average molecular weight is 276 g/mol. The third-order valence-electron chi connectivity index (χ3n) is 2.29. The van der Waals surface area contributed by atoms with E-state index in [-0.39, 0.29) is 17.1 Å². The molecule has 0 saturated carbocycles. The SMILES string of the molecule is CC(O)CCCNS(=O)(=O)c1cc(N)cc(F)c1. The van der Waals surface area contributed by atoms with Gasteiger partial charge >= 0.3 is 0 Å². The van der Waals surface area contributed by atoms with E-state index in [4.69, 9.17) is 10.8 Å². The Balaban J connectivity index is 2.68. The van der Waals surface area contributed by atoms with Crippen LogP contribution in [0.15, 0.2) is 23.1 Å². The highest BCUT2D eigenvalue weighted by atomic mass is 32.2.